The van der Waals surface area contributed by atoms with Gasteiger partial charge in [-0.1, -0.05) is 0 Å². The van der Waals surface area contributed by atoms with E-state index in [9.17, 15) is 0 Å². The molecule has 0 aliphatic carbocycles. The van der Waals surface area contributed by atoms with Crippen molar-refractivity contribution in [3.63, 3.8) is 0 Å². The van der Waals surface area contributed by atoms with Crippen LogP contribution in [-0.4, -0.2) is 48.8 Å². The van der Waals surface area contributed by atoms with Gasteiger partial charge in [0.15, 0.2) is 11.9 Å². The van der Waals surface area contributed by atoms with Crippen LogP contribution in [-0.2, 0) is 0 Å². The van der Waals surface area contributed by atoms with Crippen molar-refractivity contribution in [1.29, 1.82) is 0 Å². The summed E-state index contributed by atoms with van der Waals surface area (Å²) in [4.78, 5) is 10.9. The molecule has 0 aromatic rings. The molecule has 0 spiro atoms. The lowest BCUT2D eigenvalue weighted by molar-refractivity contribution is 0.203. The zero-order valence-electron chi connectivity index (χ0n) is 10.4. The predicted octanol–water partition coefficient (Wildman–Crippen LogP) is -1.42. The van der Waals surface area contributed by atoms with Gasteiger partial charge in [0.1, 0.15) is 0 Å². The van der Waals surface area contributed by atoms with E-state index in [1.807, 2.05) is 6.92 Å². The maximum atomic E-state index is 5.66. The SMILES string of the molecule is CN1CCC(NC2(C)N=C(N)NC(N)=N2)CC1. The summed E-state index contributed by atoms with van der Waals surface area (Å²) in [5.74, 6) is -0.124. The second kappa shape index (κ2) is 4.50. The Labute approximate surface area is 101 Å². The van der Waals surface area contributed by atoms with E-state index >= 15 is 0 Å². The standard InChI is InChI=1S/C10H21N7/c1-10(15-8(11)13-9(12)16-10)14-7-3-5-17(2)6-4-7/h7,14H,3-6H2,1-2H3,(H5,11,12,13,15,16). The molecular formula is C10H21N7. The smallest absolute Gasteiger partial charge is 0.209 e. The van der Waals surface area contributed by atoms with Gasteiger partial charge in [0.05, 0.1) is 0 Å². The summed E-state index contributed by atoms with van der Waals surface area (Å²) in [6.07, 6.45) is 2.18. The third kappa shape index (κ3) is 3.07. The van der Waals surface area contributed by atoms with E-state index in [0.717, 1.165) is 25.9 Å². The first-order chi connectivity index (χ1) is 7.97. The number of guanidine groups is 2. The molecule has 7 heteroatoms. The van der Waals surface area contributed by atoms with Gasteiger partial charge in [0.25, 0.3) is 0 Å². The maximum Gasteiger partial charge on any atom is 0.209 e. The number of piperidine rings is 1. The Morgan fingerprint density at radius 1 is 1.29 bits per heavy atom. The van der Waals surface area contributed by atoms with Crippen LogP contribution in [0.1, 0.15) is 19.8 Å². The number of hydrogen-bond donors (Lipinski definition) is 4. The van der Waals surface area contributed by atoms with Crippen LogP contribution in [0.4, 0.5) is 0 Å². The number of likely N-dealkylation sites (tertiary alicyclic amines) is 1. The topological polar surface area (TPSA) is 104 Å². The molecule has 2 heterocycles. The molecule has 0 aromatic heterocycles. The second-order valence-electron chi connectivity index (χ2n) is 4.86. The molecule has 0 amide bonds. The van der Waals surface area contributed by atoms with Gasteiger partial charge in [0.2, 0.25) is 5.79 Å². The third-order valence-electron chi connectivity index (χ3n) is 3.13. The van der Waals surface area contributed by atoms with Crippen LogP contribution in [0.5, 0.6) is 0 Å². The molecular weight excluding hydrogens is 218 g/mol. The summed E-state index contributed by atoms with van der Waals surface area (Å²) >= 11 is 0. The fraction of sp³-hybridized carbons (Fsp3) is 0.800. The Morgan fingerprint density at radius 2 is 1.82 bits per heavy atom. The highest BCUT2D eigenvalue weighted by Gasteiger charge is 2.30. The molecule has 2 aliphatic rings. The molecule has 7 nitrogen and oxygen atoms in total. The Hall–Kier alpha value is -1.34. The highest BCUT2D eigenvalue weighted by Crippen LogP contribution is 2.16. The highest BCUT2D eigenvalue weighted by molar-refractivity contribution is 5.98. The fourth-order valence-electron chi connectivity index (χ4n) is 2.29. The van der Waals surface area contributed by atoms with Gasteiger partial charge in [-0.25, -0.2) is 9.98 Å². The Kier molecular flexibility index (Phi) is 3.21. The molecule has 6 N–H and O–H groups in total. The lowest BCUT2D eigenvalue weighted by Crippen LogP contribution is -2.56. The van der Waals surface area contributed by atoms with Gasteiger partial charge in [-0.05, 0) is 39.9 Å². The van der Waals surface area contributed by atoms with Gasteiger partial charge >= 0.3 is 0 Å². The molecule has 1 fully saturated rings. The summed E-state index contributed by atoms with van der Waals surface area (Å²) in [6.45, 7) is 4.06. The van der Waals surface area contributed by atoms with Gasteiger partial charge in [0, 0.05) is 6.04 Å². The van der Waals surface area contributed by atoms with Crippen molar-refractivity contribution in [1.82, 2.24) is 15.5 Å². The molecule has 96 valence electrons. The number of hydrogen-bond acceptors (Lipinski definition) is 7. The van der Waals surface area contributed by atoms with E-state index in [1.165, 1.54) is 0 Å². The van der Waals surface area contributed by atoms with Gasteiger partial charge in [-0.15, -0.1) is 0 Å². The minimum atomic E-state index is -0.736. The van der Waals surface area contributed by atoms with Crippen LogP contribution in [0.3, 0.4) is 0 Å². The second-order valence-corrected chi connectivity index (χ2v) is 4.86. The molecule has 17 heavy (non-hydrogen) atoms. The van der Waals surface area contributed by atoms with Crippen LogP contribution in [0.2, 0.25) is 0 Å². The maximum absolute atomic E-state index is 5.66. The van der Waals surface area contributed by atoms with E-state index in [1.54, 1.807) is 0 Å². The van der Waals surface area contributed by atoms with Crippen molar-refractivity contribution in [3.8, 4) is 0 Å². The Morgan fingerprint density at radius 3 is 2.35 bits per heavy atom. The first-order valence-corrected chi connectivity index (χ1v) is 5.91. The monoisotopic (exact) mass is 239 g/mol. The Balaban J connectivity index is 1.99. The minimum absolute atomic E-state index is 0.306. The summed E-state index contributed by atoms with van der Waals surface area (Å²) in [7, 11) is 2.13. The van der Waals surface area contributed by atoms with Crippen molar-refractivity contribution in [2.24, 2.45) is 21.5 Å². The fourth-order valence-corrected chi connectivity index (χ4v) is 2.29. The predicted molar refractivity (Wildman–Crippen MR) is 68.4 cm³/mol. The lowest BCUT2D eigenvalue weighted by Gasteiger charge is -2.35. The zero-order chi connectivity index (χ0) is 12.5. The molecule has 1 saturated heterocycles. The number of nitrogens with two attached hydrogens (primary N) is 2. The average molecular weight is 239 g/mol. The highest BCUT2D eigenvalue weighted by atomic mass is 15.4. The largest absolute Gasteiger partial charge is 0.370 e. The number of nitrogens with one attached hydrogen (secondary N) is 2. The van der Waals surface area contributed by atoms with Crippen molar-refractivity contribution >= 4 is 11.9 Å². The number of aliphatic imine (C=N–C) groups is 2. The van der Waals surface area contributed by atoms with Crippen molar-refractivity contribution < 1.29 is 0 Å². The van der Waals surface area contributed by atoms with E-state index in [4.69, 9.17) is 11.5 Å². The van der Waals surface area contributed by atoms with Crippen LogP contribution < -0.4 is 22.1 Å². The van der Waals surface area contributed by atoms with E-state index in [2.05, 4.69) is 32.6 Å². The minimum Gasteiger partial charge on any atom is -0.370 e. The number of rotatable bonds is 2. The van der Waals surface area contributed by atoms with Gasteiger partial charge in [-0.3, -0.25) is 10.6 Å². The number of nitrogens with zero attached hydrogens (tertiary/aromatic N) is 3. The molecule has 2 rings (SSSR count). The molecule has 0 saturated carbocycles. The van der Waals surface area contributed by atoms with Crippen molar-refractivity contribution in [3.05, 3.63) is 0 Å². The van der Waals surface area contributed by atoms with Gasteiger partial charge < -0.3 is 16.4 Å². The van der Waals surface area contributed by atoms with Crippen LogP contribution >= 0.6 is 0 Å². The first-order valence-electron chi connectivity index (χ1n) is 5.91. The molecule has 0 bridgehead atoms. The van der Waals surface area contributed by atoms with Crippen LogP contribution in [0.25, 0.3) is 0 Å². The third-order valence-corrected chi connectivity index (χ3v) is 3.13. The first kappa shape index (κ1) is 12.1. The molecule has 2 aliphatic heterocycles. The average Bonchev–Trinajstić information content (AvgIpc) is 2.19. The summed E-state index contributed by atoms with van der Waals surface area (Å²) in [5, 5.41) is 6.10. The van der Waals surface area contributed by atoms with E-state index in [-0.39, 0.29) is 0 Å². The summed E-state index contributed by atoms with van der Waals surface area (Å²) < 4.78 is 0. The van der Waals surface area contributed by atoms with Crippen molar-refractivity contribution in [2.45, 2.75) is 31.6 Å². The molecule has 0 atom stereocenters. The Bertz CT molecular complexity index is 323. The van der Waals surface area contributed by atoms with Crippen LogP contribution in [0, 0.1) is 0 Å². The van der Waals surface area contributed by atoms with Gasteiger partial charge in [-0.2, -0.15) is 0 Å². The lowest BCUT2D eigenvalue weighted by atomic mass is 10.0. The quantitative estimate of drug-likeness (QED) is 0.473. The van der Waals surface area contributed by atoms with E-state index < -0.39 is 5.79 Å². The summed E-state index contributed by atoms with van der Waals surface area (Å²) in [5.41, 5.74) is 11.3. The molecule has 0 aromatic carbocycles. The zero-order valence-corrected chi connectivity index (χ0v) is 10.4. The van der Waals surface area contributed by atoms with Crippen LogP contribution in [0.15, 0.2) is 9.98 Å². The van der Waals surface area contributed by atoms with E-state index in [0.29, 0.717) is 18.0 Å². The summed E-state index contributed by atoms with van der Waals surface area (Å²) in [6, 6.07) is 0.405. The van der Waals surface area contributed by atoms with Crippen molar-refractivity contribution in [2.75, 3.05) is 20.1 Å². The normalized spacial score (nSPS) is 26.0. The molecule has 0 unspecified atom stereocenters. The molecule has 0 radical (unpaired) electrons.